The molecule has 144 valence electrons. The van der Waals surface area contributed by atoms with E-state index >= 15 is 0 Å². The molecule has 27 heavy (non-hydrogen) atoms. The normalized spacial score (nSPS) is 10.9. The number of rotatable bonds is 5. The van der Waals surface area contributed by atoms with E-state index in [1.807, 2.05) is 19.1 Å². The summed E-state index contributed by atoms with van der Waals surface area (Å²) < 4.78 is 10.5. The van der Waals surface area contributed by atoms with Crippen LogP contribution in [0.2, 0.25) is 0 Å². The number of amides is 2. The van der Waals surface area contributed by atoms with Crippen LogP contribution in [0.3, 0.4) is 0 Å². The van der Waals surface area contributed by atoms with Gasteiger partial charge in [-0.05, 0) is 36.1 Å². The molecule has 0 spiro atoms. The average molecular weight is 370 g/mol. The van der Waals surface area contributed by atoms with Gasteiger partial charge in [0, 0.05) is 0 Å². The van der Waals surface area contributed by atoms with E-state index in [4.69, 9.17) is 9.47 Å². The molecule has 6 nitrogen and oxygen atoms in total. The third-order valence-corrected chi connectivity index (χ3v) is 3.98. The second-order valence-corrected chi connectivity index (χ2v) is 7.21. The maximum absolute atomic E-state index is 12.1. The highest BCUT2D eigenvalue weighted by Crippen LogP contribution is 2.32. The number of benzene rings is 2. The van der Waals surface area contributed by atoms with Crippen molar-refractivity contribution in [3.63, 3.8) is 0 Å². The minimum Gasteiger partial charge on any atom is -0.473 e. The molecule has 2 aromatic carbocycles. The van der Waals surface area contributed by atoms with Crippen molar-refractivity contribution < 1.29 is 19.1 Å². The summed E-state index contributed by atoms with van der Waals surface area (Å²) in [5.41, 5.74) is 2.79. The first kappa shape index (κ1) is 20.3. The van der Waals surface area contributed by atoms with E-state index in [1.165, 1.54) is 7.11 Å². The van der Waals surface area contributed by atoms with Crippen LogP contribution in [0.5, 0.6) is 5.75 Å². The smallest absolute Gasteiger partial charge is 0.339 e. The maximum atomic E-state index is 12.1. The van der Waals surface area contributed by atoms with Gasteiger partial charge in [0.1, 0.15) is 5.75 Å². The number of esters is 1. The standard InChI is InChI=1S/C21H26N2O4/c1-14-10-11-18(16(12-14)21(2,3)4)27-13-22-20(25)23-17-9-7-6-8-15(17)19(24)26-5/h6-12H,13H2,1-5H3,(H2,22,23,25). The molecule has 0 atom stereocenters. The molecule has 0 heterocycles. The fourth-order valence-corrected chi connectivity index (χ4v) is 2.58. The summed E-state index contributed by atoms with van der Waals surface area (Å²) in [5.74, 6) is 0.208. The molecular weight excluding hydrogens is 344 g/mol. The number of ether oxygens (including phenoxy) is 2. The van der Waals surface area contributed by atoms with E-state index in [1.54, 1.807) is 24.3 Å². The summed E-state index contributed by atoms with van der Waals surface area (Å²) in [5, 5.41) is 5.27. The minimum absolute atomic E-state index is 0.00162. The van der Waals surface area contributed by atoms with Crippen LogP contribution in [0, 0.1) is 6.92 Å². The number of aryl methyl sites for hydroxylation is 1. The van der Waals surface area contributed by atoms with Crippen molar-refractivity contribution in [1.29, 1.82) is 0 Å². The SMILES string of the molecule is COC(=O)c1ccccc1NC(=O)NCOc1ccc(C)cc1C(C)(C)C. The predicted octanol–water partition coefficient (Wildman–Crippen LogP) is 4.24. The molecule has 0 aliphatic carbocycles. The van der Waals surface area contributed by atoms with Crippen molar-refractivity contribution in [2.24, 2.45) is 0 Å². The van der Waals surface area contributed by atoms with Crippen LogP contribution < -0.4 is 15.4 Å². The molecule has 0 radical (unpaired) electrons. The highest BCUT2D eigenvalue weighted by molar-refractivity contribution is 6.00. The van der Waals surface area contributed by atoms with Crippen LogP contribution in [0.1, 0.15) is 42.3 Å². The molecule has 0 saturated carbocycles. The van der Waals surface area contributed by atoms with Gasteiger partial charge in [0.05, 0.1) is 18.4 Å². The molecule has 0 fully saturated rings. The Bertz CT molecular complexity index is 825. The maximum Gasteiger partial charge on any atom is 0.339 e. The molecule has 0 aromatic heterocycles. The molecule has 2 N–H and O–H groups in total. The third kappa shape index (κ3) is 5.48. The average Bonchev–Trinajstić information content (AvgIpc) is 2.62. The fourth-order valence-electron chi connectivity index (χ4n) is 2.58. The Morgan fingerprint density at radius 2 is 1.78 bits per heavy atom. The van der Waals surface area contributed by atoms with E-state index in [0.717, 1.165) is 16.9 Å². The fraction of sp³-hybridized carbons (Fsp3) is 0.333. The van der Waals surface area contributed by atoms with E-state index in [2.05, 4.69) is 37.5 Å². The first-order valence-corrected chi connectivity index (χ1v) is 8.68. The van der Waals surface area contributed by atoms with Crippen LogP contribution in [-0.2, 0) is 10.2 Å². The lowest BCUT2D eigenvalue weighted by molar-refractivity contribution is 0.0602. The predicted molar refractivity (Wildman–Crippen MR) is 105 cm³/mol. The second-order valence-electron chi connectivity index (χ2n) is 7.21. The Hall–Kier alpha value is -3.02. The van der Waals surface area contributed by atoms with Gasteiger partial charge in [-0.25, -0.2) is 9.59 Å². The Balaban J connectivity index is 1.99. The van der Waals surface area contributed by atoms with E-state index in [-0.39, 0.29) is 17.7 Å². The second kappa shape index (κ2) is 8.58. The molecule has 0 bridgehead atoms. The van der Waals surface area contributed by atoms with E-state index < -0.39 is 12.0 Å². The topological polar surface area (TPSA) is 76.7 Å². The van der Waals surface area contributed by atoms with E-state index in [9.17, 15) is 9.59 Å². The Morgan fingerprint density at radius 3 is 2.44 bits per heavy atom. The van der Waals surface area contributed by atoms with E-state index in [0.29, 0.717) is 5.69 Å². The van der Waals surface area contributed by atoms with Gasteiger partial charge in [-0.15, -0.1) is 0 Å². The number of methoxy groups -OCH3 is 1. The number of nitrogens with one attached hydrogen (secondary N) is 2. The van der Waals surface area contributed by atoms with Gasteiger partial charge >= 0.3 is 12.0 Å². The summed E-state index contributed by atoms with van der Waals surface area (Å²) >= 11 is 0. The zero-order chi connectivity index (χ0) is 20.0. The van der Waals surface area contributed by atoms with Crippen LogP contribution in [0.25, 0.3) is 0 Å². The van der Waals surface area contributed by atoms with Crippen molar-refractivity contribution in [1.82, 2.24) is 5.32 Å². The Labute approximate surface area is 159 Å². The quantitative estimate of drug-likeness (QED) is 0.610. The summed E-state index contributed by atoms with van der Waals surface area (Å²) in [6.07, 6.45) is 0. The zero-order valence-corrected chi connectivity index (χ0v) is 16.4. The lowest BCUT2D eigenvalue weighted by Crippen LogP contribution is -2.33. The summed E-state index contributed by atoms with van der Waals surface area (Å²) in [6.45, 7) is 8.36. The van der Waals surface area contributed by atoms with Crippen molar-refractivity contribution in [2.75, 3.05) is 19.2 Å². The van der Waals surface area contributed by atoms with Gasteiger partial charge in [0.15, 0.2) is 6.73 Å². The highest BCUT2D eigenvalue weighted by atomic mass is 16.5. The van der Waals surface area contributed by atoms with Crippen LogP contribution >= 0.6 is 0 Å². The summed E-state index contributed by atoms with van der Waals surface area (Å²) in [7, 11) is 1.29. The molecular formula is C21H26N2O4. The summed E-state index contributed by atoms with van der Waals surface area (Å²) in [6, 6.07) is 12.1. The zero-order valence-electron chi connectivity index (χ0n) is 16.4. The number of anilines is 1. The van der Waals surface area contributed by atoms with Gasteiger partial charge in [0.2, 0.25) is 0 Å². The van der Waals surface area contributed by atoms with Crippen molar-refractivity contribution >= 4 is 17.7 Å². The van der Waals surface area contributed by atoms with Gasteiger partial charge in [0.25, 0.3) is 0 Å². The van der Waals surface area contributed by atoms with Gasteiger partial charge in [-0.3, -0.25) is 0 Å². The summed E-state index contributed by atoms with van der Waals surface area (Å²) in [4.78, 5) is 23.9. The number of carbonyl (C=O) groups is 2. The molecule has 0 aliphatic heterocycles. The van der Waals surface area contributed by atoms with Gasteiger partial charge in [-0.2, -0.15) is 0 Å². The molecule has 0 aliphatic rings. The minimum atomic E-state index is -0.517. The largest absolute Gasteiger partial charge is 0.473 e. The number of urea groups is 1. The molecule has 2 amide bonds. The van der Waals surface area contributed by atoms with Crippen LogP contribution in [-0.4, -0.2) is 25.8 Å². The first-order valence-electron chi connectivity index (χ1n) is 8.68. The number of para-hydroxylation sites is 1. The van der Waals surface area contributed by atoms with Crippen molar-refractivity contribution in [3.8, 4) is 5.75 Å². The third-order valence-electron chi connectivity index (χ3n) is 3.98. The van der Waals surface area contributed by atoms with Crippen molar-refractivity contribution in [2.45, 2.75) is 33.1 Å². The Kier molecular flexibility index (Phi) is 6.45. The lowest BCUT2D eigenvalue weighted by Gasteiger charge is -2.23. The first-order chi connectivity index (χ1) is 12.7. The lowest BCUT2D eigenvalue weighted by atomic mass is 9.85. The molecule has 2 rings (SSSR count). The monoisotopic (exact) mass is 370 g/mol. The molecule has 6 heteroatoms. The van der Waals surface area contributed by atoms with Crippen LogP contribution in [0.15, 0.2) is 42.5 Å². The highest BCUT2D eigenvalue weighted by Gasteiger charge is 2.19. The van der Waals surface area contributed by atoms with Gasteiger partial charge < -0.3 is 20.1 Å². The van der Waals surface area contributed by atoms with Crippen molar-refractivity contribution in [3.05, 3.63) is 59.2 Å². The Morgan fingerprint density at radius 1 is 1.07 bits per heavy atom. The number of hydrogen-bond donors (Lipinski definition) is 2. The molecule has 0 unspecified atom stereocenters. The van der Waals surface area contributed by atoms with Crippen LogP contribution in [0.4, 0.5) is 10.5 Å². The van der Waals surface area contributed by atoms with Gasteiger partial charge in [-0.1, -0.05) is 50.6 Å². The number of hydrogen-bond acceptors (Lipinski definition) is 4. The molecule has 2 aromatic rings. The molecule has 0 saturated heterocycles. The number of carbonyl (C=O) groups excluding carboxylic acids is 2.